The zero-order chi connectivity index (χ0) is 10.7. The zero-order valence-corrected chi connectivity index (χ0v) is 8.93. The van der Waals surface area contributed by atoms with Crippen LogP contribution in [0.1, 0.15) is 19.3 Å². The van der Waals surface area contributed by atoms with E-state index in [2.05, 4.69) is 20.8 Å². The fourth-order valence-corrected chi connectivity index (χ4v) is 2.22. The molecule has 1 aromatic rings. The first kappa shape index (κ1) is 10.4. The maximum Gasteiger partial charge on any atom is 0.242 e. The molecule has 1 aromatic heterocycles. The highest BCUT2D eigenvalue weighted by Crippen LogP contribution is 2.31. The quantitative estimate of drug-likeness (QED) is 0.735. The SMILES string of the molecule is Cn1nnnc1NCC1CCCC1CO. The van der Waals surface area contributed by atoms with Crippen LogP contribution in [0, 0.1) is 11.8 Å². The summed E-state index contributed by atoms with van der Waals surface area (Å²) in [6, 6.07) is 0. The number of aryl methyl sites for hydroxylation is 1. The van der Waals surface area contributed by atoms with Crippen LogP contribution in [0.4, 0.5) is 5.95 Å². The summed E-state index contributed by atoms with van der Waals surface area (Å²) in [5.74, 6) is 1.68. The fourth-order valence-electron chi connectivity index (χ4n) is 2.22. The van der Waals surface area contributed by atoms with Crippen LogP contribution in [-0.2, 0) is 7.05 Å². The molecule has 1 heterocycles. The van der Waals surface area contributed by atoms with Crippen molar-refractivity contribution >= 4 is 5.95 Å². The van der Waals surface area contributed by atoms with Gasteiger partial charge in [-0.05, 0) is 35.1 Å². The first-order valence-corrected chi connectivity index (χ1v) is 5.38. The summed E-state index contributed by atoms with van der Waals surface area (Å²) in [5.41, 5.74) is 0. The average Bonchev–Trinajstić information content (AvgIpc) is 2.83. The second-order valence-corrected chi connectivity index (χ2v) is 4.14. The maximum atomic E-state index is 9.17. The molecule has 0 amide bonds. The number of aliphatic hydroxyl groups is 1. The highest BCUT2D eigenvalue weighted by atomic mass is 16.3. The monoisotopic (exact) mass is 211 g/mol. The van der Waals surface area contributed by atoms with Crippen LogP contribution in [0.5, 0.6) is 0 Å². The van der Waals surface area contributed by atoms with E-state index in [9.17, 15) is 5.11 Å². The van der Waals surface area contributed by atoms with Crippen molar-refractivity contribution in [3.63, 3.8) is 0 Å². The lowest BCUT2D eigenvalue weighted by Gasteiger charge is -2.17. The third-order valence-electron chi connectivity index (χ3n) is 3.19. The second-order valence-electron chi connectivity index (χ2n) is 4.14. The van der Waals surface area contributed by atoms with Crippen LogP contribution in [-0.4, -0.2) is 38.5 Å². The standard InChI is InChI=1S/C9H17N5O/c1-14-9(11-12-13-14)10-5-7-3-2-4-8(7)6-15/h7-8,15H,2-6H2,1H3,(H,10,11,13). The maximum absolute atomic E-state index is 9.17. The third-order valence-corrected chi connectivity index (χ3v) is 3.19. The van der Waals surface area contributed by atoms with E-state index in [-0.39, 0.29) is 0 Å². The van der Waals surface area contributed by atoms with Crippen molar-refractivity contribution < 1.29 is 5.11 Å². The molecule has 1 fully saturated rings. The number of rotatable bonds is 4. The zero-order valence-electron chi connectivity index (χ0n) is 8.93. The summed E-state index contributed by atoms with van der Waals surface area (Å²) in [7, 11) is 1.81. The molecule has 2 atom stereocenters. The lowest BCUT2D eigenvalue weighted by Crippen LogP contribution is -2.22. The summed E-state index contributed by atoms with van der Waals surface area (Å²) >= 11 is 0. The largest absolute Gasteiger partial charge is 0.396 e. The number of tetrazole rings is 1. The Labute approximate surface area is 88.7 Å². The Kier molecular flexibility index (Phi) is 3.15. The third kappa shape index (κ3) is 2.26. The molecule has 0 aliphatic heterocycles. The van der Waals surface area contributed by atoms with Gasteiger partial charge in [-0.2, -0.15) is 0 Å². The molecule has 1 aliphatic rings. The van der Waals surface area contributed by atoms with Gasteiger partial charge in [0.25, 0.3) is 0 Å². The number of hydrogen-bond acceptors (Lipinski definition) is 5. The molecule has 0 saturated heterocycles. The molecule has 0 bridgehead atoms. The molecule has 6 heteroatoms. The number of aliphatic hydroxyl groups excluding tert-OH is 1. The van der Waals surface area contributed by atoms with Crippen molar-refractivity contribution in [2.24, 2.45) is 18.9 Å². The van der Waals surface area contributed by atoms with Gasteiger partial charge in [-0.1, -0.05) is 11.5 Å². The first-order chi connectivity index (χ1) is 7.31. The van der Waals surface area contributed by atoms with E-state index in [0.29, 0.717) is 24.4 Å². The molecule has 1 saturated carbocycles. The van der Waals surface area contributed by atoms with Gasteiger partial charge in [-0.3, -0.25) is 0 Å². The van der Waals surface area contributed by atoms with Gasteiger partial charge in [0.1, 0.15) is 0 Å². The molecule has 2 rings (SSSR count). The number of anilines is 1. The van der Waals surface area contributed by atoms with E-state index in [1.807, 2.05) is 0 Å². The molecular weight excluding hydrogens is 194 g/mol. The lowest BCUT2D eigenvalue weighted by molar-refractivity contribution is 0.198. The topological polar surface area (TPSA) is 75.9 Å². The predicted octanol–water partition coefficient (Wildman–Crippen LogP) is 0.0306. The van der Waals surface area contributed by atoms with E-state index in [0.717, 1.165) is 13.0 Å². The summed E-state index contributed by atoms with van der Waals surface area (Å²) in [4.78, 5) is 0. The van der Waals surface area contributed by atoms with Crippen molar-refractivity contribution in [2.75, 3.05) is 18.5 Å². The molecule has 84 valence electrons. The van der Waals surface area contributed by atoms with Crippen LogP contribution >= 0.6 is 0 Å². The van der Waals surface area contributed by atoms with Crippen molar-refractivity contribution in [1.82, 2.24) is 20.2 Å². The van der Waals surface area contributed by atoms with Gasteiger partial charge < -0.3 is 10.4 Å². The fraction of sp³-hybridized carbons (Fsp3) is 0.889. The van der Waals surface area contributed by atoms with Crippen molar-refractivity contribution in [2.45, 2.75) is 19.3 Å². The number of nitrogens with one attached hydrogen (secondary N) is 1. The van der Waals surface area contributed by atoms with E-state index >= 15 is 0 Å². The van der Waals surface area contributed by atoms with Gasteiger partial charge in [0.2, 0.25) is 5.95 Å². The minimum Gasteiger partial charge on any atom is -0.396 e. The van der Waals surface area contributed by atoms with Gasteiger partial charge in [0.15, 0.2) is 0 Å². The lowest BCUT2D eigenvalue weighted by atomic mass is 9.97. The molecule has 0 spiro atoms. The van der Waals surface area contributed by atoms with Crippen LogP contribution in [0.15, 0.2) is 0 Å². The van der Waals surface area contributed by atoms with Crippen LogP contribution in [0.3, 0.4) is 0 Å². The van der Waals surface area contributed by atoms with Crippen LogP contribution < -0.4 is 5.32 Å². The molecule has 2 N–H and O–H groups in total. The molecule has 1 aliphatic carbocycles. The molecule has 6 nitrogen and oxygen atoms in total. The Hall–Kier alpha value is -1.17. The minimum absolute atomic E-state index is 0.295. The summed E-state index contributed by atoms with van der Waals surface area (Å²) in [6.07, 6.45) is 3.54. The van der Waals surface area contributed by atoms with E-state index in [1.54, 1.807) is 11.7 Å². The number of hydrogen-bond donors (Lipinski definition) is 2. The van der Waals surface area contributed by atoms with E-state index < -0.39 is 0 Å². The van der Waals surface area contributed by atoms with Crippen LogP contribution in [0.2, 0.25) is 0 Å². The molecule has 0 aromatic carbocycles. The van der Waals surface area contributed by atoms with Crippen molar-refractivity contribution in [1.29, 1.82) is 0 Å². The molecule has 2 unspecified atom stereocenters. The first-order valence-electron chi connectivity index (χ1n) is 5.38. The number of nitrogens with zero attached hydrogens (tertiary/aromatic N) is 4. The summed E-state index contributed by atoms with van der Waals surface area (Å²) in [5, 5.41) is 23.5. The van der Waals surface area contributed by atoms with Crippen molar-refractivity contribution in [3.05, 3.63) is 0 Å². The second kappa shape index (κ2) is 4.57. The summed E-state index contributed by atoms with van der Waals surface area (Å²) < 4.78 is 1.61. The van der Waals surface area contributed by atoms with Gasteiger partial charge in [-0.15, -0.1) is 0 Å². The summed E-state index contributed by atoms with van der Waals surface area (Å²) in [6.45, 7) is 1.14. The van der Waals surface area contributed by atoms with Gasteiger partial charge in [0.05, 0.1) is 0 Å². The van der Waals surface area contributed by atoms with Crippen molar-refractivity contribution in [3.8, 4) is 0 Å². The predicted molar refractivity (Wildman–Crippen MR) is 55.2 cm³/mol. The highest BCUT2D eigenvalue weighted by Gasteiger charge is 2.26. The number of aromatic nitrogens is 4. The smallest absolute Gasteiger partial charge is 0.242 e. The normalized spacial score (nSPS) is 25.7. The average molecular weight is 211 g/mol. The Morgan fingerprint density at radius 2 is 2.27 bits per heavy atom. The molecular formula is C9H17N5O. The Bertz CT molecular complexity index is 313. The minimum atomic E-state index is 0.295. The Morgan fingerprint density at radius 1 is 1.47 bits per heavy atom. The molecule has 15 heavy (non-hydrogen) atoms. The van der Waals surface area contributed by atoms with E-state index in [1.165, 1.54) is 12.8 Å². The van der Waals surface area contributed by atoms with Gasteiger partial charge >= 0.3 is 0 Å². The van der Waals surface area contributed by atoms with Gasteiger partial charge in [-0.25, -0.2) is 4.68 Å². The van der Waals surface area contributed by atoms with Crippen LogP contribution in [0.25, 0.3) is 0 Å². The Balaban J connectivity index is 1.85. The molecule has 0 radical (unpaired) electrons. The van der Waals surface area contributed by atoms with Gasteiger partial charge in [0, 0.05) is 20.2 Å². The van der Waals surface area contributed by atoms with E-state index in [4.69, 9.17) is 0 Å². The highest BCUT2D eigenvalue weighted by molar-refractivity contribution is 5.20. The Morgan fingerprint density at radius 3 is 2.93 bits per heavy atom.